The van der Waals surface area contributed by atoms with Gasteiger partial charge in [0, 0.05) is 26.2 Å². The van der Waals surface area contributed by atoms with Crippen molar-refractivity contribution in [2.75, 3.05) is 19.6 Å². The van der Waals surface area contributed by atoms with Crippen LogP contribution in [0.15, 0.2) is 48.5 Å². The monoisotopic (exact) mass is 379 g/mol. The molecular formula is C22H25N3O3. The normalized spacial score (nSPS) is 14.4. The number of carbonyl (C=O) groups is 3. The van der Waals surface area contributed by atoms with Crippen LogP contribution in [0.25, 0.3) is 0 Å². The van der Waals surface area contributed by atoms with E-state index in [1.54, 1.807) is 0 Å². The summed E-state index contributed by atoms with van der Waals surface area (Å²) in [6.07, 6.45) is 0. The summed E-state index contributed by atoms with van der Waals surface area (Å²) in [5.41, 5.74) is 4.27. The standard InChI is InChI=1S/C22H25N3O3/c1-16-3-7-18(8-4-16)13-23-20(26)15-25-12-11-24(21(27)22(25)28)14-19-9-5-17(2)6-10-19/h3-10H,11-15H2,1-2H3,(H,23,26). The lowest BCUT2D eigenvalue weighted by atomic mass is 10.1. The topological polar surface area (TPSA) is 69.7 Å². The van der Waals surface area contributed by atoms with E-state index in [0.29, 0.717) is 26.2 Å². The smallest absolute Gasteiger partial charge is 0.312 e. The van der Waals surface area contributed by atoms with Gasteiger partial charge in [-0.2, -0.15) is 0 Å². The molecule has 1 aliphatic heterocycles. The molecule has 1 saturated heterocycles. The van der Waals surface area contributed by atoms with Crippen LogP contribution in [0, 0.1) is 13.8 Å². The molecule has 0 aromatic heterocycles. The van der Waals surface area contributed by atoms with Crippen molar-refractivity contribution >= 4 is 17.7 Å². The molecule has 3 rings (SSSR count). The zero-order chi connectivity index (χ0) is 20.1. The minimum absolute atomic E-state index is 0.102. The zero-order valence-electron chi connectivity index (χ0n) is 16.3. The van der Waals surface area contributed by atoms with Crippen LogP contribution < -0.4 is 5.32 Å². The van der Waals surface area contributed by atoms with E-state index in [2.05, 4.69) is 5.32 Å². The second-order valence-corrected chi connectivity index (χ2v) is 7.20. The molecule has 6 nitrogen and oxygen atoms in total. The Kier molecular flexibility index (Phi) is 6.09. The largest absolute Gasteiger partial charge is 0.350 e. The lowest BCUT2D eigenvalue weighted by Gasteiger charge is -2.33. The average molecular weight is 379 g/mol. The first kappa shape index (κ1) is 19.6. The fourth-order valence-electron chi connectivity index (χ4n) is 3.07. The number of aryl methyl sites for hydroxylation is 2. The molecule has 0 bridgehead atoms. The molecule has 0 aliphatic carbocycles. The lowest BCUT2D eigenvalue weighted by molar-refractivity contribution is -0.157. The highest BCUT2D eigenvalue weighted by Gasteiger charge is 2.33. The molecular weight excluding hydrogens is 354 g/mol. The Morgan fingerprint density at radius 2 is 1.32 bits per heavy atom. The number of rotatable bonds is 6. The number of carbonyl (C=O) groups excluding carboxylic acids is 3. The highest BCUT2D eigenvalue weighted by Crippen LogP contribution is 2.12. The molecule has 0 unspecified atom stereocenters. The third-order valence-corrected chi connectivity index (χ3v) is 4.84. The number of nitrogens with zero attached hydrogens (tertiary/aromatic N) is 2. The fraction of sp³-hybridized carbons (Fsp3) is 0.318. The van der Waals surface area contributed by atoms with Gasteiger partial charge in [0.25, 0.3) is 0 Å². The van der Waals surface area contributed by atoms with Crippen molar-refractivity contribution in [2.24, 2.45) is 0 Å². The van der Waals surface area contributed by atoms with Crippen LogP contribution in [0.2, 0.25) is 0 Å². The number of hydrogen-bond acceptors (Lipinski definition) is 3. The van der Waals surface area contributed by atoms with Crippen molar-refractivity contribution < 1.29 is 14.4 Å². The summed E-state index contributed by atoms with van der Waals surface area (Å²) < 4.78 is 0. The van der Waals surface area contributed by atoms with E-state index in [1.807, 2.05) is 62.4 Å². The molecule has 0 atom stereocenters. The van der Waals surface area contributed by atoms with Gasteiger partial charge in [0.1, 0.15) is 6.54 Å². The zero-order valence-corrected chi connectivity index (χ0v) is 16.3. The van der Waals surface area contributed by atoms with Crippen LogP contribution in [-0.4, -0.2) is 47.2 Å². The fourth-order valence-corrected chi connectivity index (χ4v) is 3.07. The third-order valence-electron chi connectivity index (χ3n) is 4.84. The Balaban J connectivity index is 1.50. The first-order valence-corrected chi connectivity index (χ1v) is 9.38. The predicted molar refractivity (Wildman–Crippen MR) is 106 cm³/mol. The maximum Gasteiger partial charge on any atom is 0.312 e. The van der Waals surface area contributed by atoms with Crippen LogP contribution >= 0.6 is 0 Å². The van der Waals surface area contributed by atoms with Gasteiger partial charge < -0.3 is 15.1 Å². The predicted octanol–water partition coefficient (Wildman–Crippen LogP) is 1.79. The van der Waals surface area contributed by atoms with Crippen molar-refractivity contribution in [3.63, 3.8) is 0 Å². The molecule has 6 heteroatoms. The lowest BCUT2D eigenvalue weighted by Crippen LogP contribution is -2.55. The highest BCUT2D eigenvalue weighted by atomic mass is 16.2. The number of benzene rings is 2. The molecule has 2 aromatic carbocycles. The Bertz CT molecular complexity index is 860. The molecule has 0 radical (unpaired) electrons. The molecule has 0 spiro atoms. The van der Waals surface area contributed by atoms with Gasteiger partial charge in [0.15, 0.2) is 0 Å². The van der Waals surface area contributed by atoms with Crippen LogP contribution in [-0.2, 0) is 27.5 Å². The SMILES string of the molecule is Cc1ccc(CNC(=O)CN2CCN(Cc3ccc(C)cc3)C(=O)C2=O)cc1. The van der Waals surface area contributed by atoms with E-state index in [9.17, 15) is 14.4 Å². The molecule has 1 heterocycles. The summed E-state index contributed by atoms with van der Waals surface area (Å²) in [5, 5.41) is 2.80. The Labute approximate surface area is 165 Å². The minimum Gasteiger partial charge on any atom is -0.350 e. The van der Waals surface area contributed by atoms with Gasteiger partial charge in [0.2, 0.25) is 5.91 Å². The molecule has 0 saturated carbocycles. The first-order chi connectivity index (χ1) is 13.4. The van der Waals surface area contributed by atoms with Gasteiger partial charge in [-0.3, -0.25) is 14.4 Å². The maximum atomic E-state index is 12.4. The molecule has 1 N–H and O–H groups in total. The number of hydrogen-bond donors (Lipinski definition) is 1. The van der Waals surface area contributed by atoms with Crippen molar-refractivity contribution in [1.82, 2.24) is 15.1 Å². The second kappa shape index (κ2) is 8.69. The Hall–Kier alpha value is -3.15. The van der Waals surface area contributed by atoms with Crippen LogP contribution in [0.4, 0.5) is 0 Å². The second-order valence-electron chi connectivity index (χ2n) is 7.20. The van der Waals surface area contributed by atoms with Crippen LogP contribution in [0.5, 0.6) is 0 Å². The number of amides is 3. The molecule has 3 amide bonds. The van der Waals surface area contributed by atoms with Crippen molar-refractivity contribution in [3.05, 3.63) is 70.8 Å². The summed E-state index contributed by atoms with van der Waals surface area (Å²) in [4.78, 5) is 39.8. The average Bonchev–Trinajstić information content (AvgIpc) is 2.69. The summed E-state index contributed by atoms with van der Waals surface area (Å²) >= 11 is 0. The van der Waals surface area contributed by atoms with Crippen molar-refractivity contribution in [3.8, 4) is 0 Å². The molecule has 28 heavy (non-hydrogen) atoms. The van der Waals surface area contributed by atoms with Gasteiger partial charge in [-0.25, -0.2) is 0 Å². The van der Waals surface area contributed by atoms with Crippen molar-refractivity contribution in [2.45, 2.75) is 26.9 Å². The molecule has 2 aromatic rings. The van der Waals surface area contributed by atoms with E-state index in [1.165, 1.54) is 9.80 Å². The van der Waals surface area contributed by atoms with E-state index in [4.69, 9.17) is 0 Å². The number of nitrogens with one attached hydrogen (secondary N) is 1. The first-order valence-electron chi connectivity index (χ1n) is 9.38. The van der Waals surface area contributed by atoms with Crippen LogP contribution in [0.3, 0.4) is 0 Å². The minimum atomic E-state index is -0.621. The van der Waals surface area contributed by atoms with E-state index < -0.39 is 11.8 Å². The van der Waals surface area contributed by atoms with E-state index in [0.717, 1.165) is 22.3 Å². The van der Waals surface area contributed by atoms with Gasteiger partial charge in [0.05, 0.1) is 0 Å². The van der Waals surface area contributed by atoms with Gasteiger partial charge >= 0.3 is 11.8 Å². The molecule has 146 valence electrons. The van der Waals surface area contributed by atoms with Crippen molar-refractivity contribution in [1.29, 1.82) is 0 Å². The van der Waals surface area contributed by atoms with Gasteiger partial charge in [-0.05, 0) is 25.0 Å². The summed E-state index contributed by atoms with van der Waals surface area (Å²) in [6, 6.07) is 15.7. The summed E-state index contributed by atoms with van der Waals surface area (Å²) in [6.45, 7) is 5.48. The number of piperazine rings is 1. The molecule has 1 aliphatic rings. The molecule has 1 fully saturated rings. The van der Waals surface area contributed by atoms with Gasteiger partial charge in [-0.1, -0.05) is 59.7 Å². The van der Waals surface area contributed by atoms with Gasteiger partial charge in [-0.15, -0.1) is 0 Å². The van der Waals surface area contributed by atoms with Crippen LogP contribution in [0.1, 0.15) is 22.3 Å². The summed E-state index contributed by atoms with van der Waals surface area (Å²) in [7, 11) is 0. The maximum absolute atomic E-state index is 12.4. The van der Waals surface area contributed by atoms with E-state index >= 15 is 0 Å². The third kappa shape index (κ3) is 4.97. The Morgan fingerprint density at radius 1 is 0.821 bits per heavy atom. The Morgan fingerprint density at radius 3 is 1.93 bits per heavy atom. The highest BCUT2D eigenvalue weighted by molar-refractivity contribution is 6.35. The summed E-state index contributed by atoms with van der Waals surface area (Å²) in [5.74, 6) is -1.45. The van der Waals surface area contributed by atoms with E-state index in [-0.39, 0.29) is 12.5 Å². The quantitative estimate of drug-likeness (QED) is 0.778.